The van der Waals surface area contributed by atoms with Crippen molar-refractivity contribution in [2.45, 2.75) is 33.7 Å². The number of methoxy groups -OCH3 is 1. The number of hydrogen-bond acceptors (Lipinski definition) is 4. The molecule has 7 heteroatoms. The van der Waals surface area contributed by atoms with Gasteiger partial charge >= 0.3 is 0 Å². The Bertz CT molecular complexity index is 1300. The third kappa shape index (κ3) is 4.35. The van der Waals surface area contributed by atoms with Gasteiger partial charge in [-0.2, -0.15) is 5.10 Å². The highest BCUT2D eigenvalue weighted by atomic mass is 19.1. The molecule has 1 aromatic carbocycles. The molecule has 31 heavy (non-hydrogen) atoms. The van der Waals surface area contributed by atoms with Crippen LogP contribution in [0.25, 0.3) is 28.0 Å². The molecule has 0 fully saturated rings. The fraction of sp³-hybridized carbons (Fsp3) is 0.292. The third-order valence-electron chi connectivity index (χ3n) is 5.22. The van der Waals surface area contributed by atoms with E-state index < -0.39 is 0 Å². The predicted octanol–water partition coefficient (Wildman–Crippen LogP) is 4.81. The number of pyridine rings is 1. The van der Waals surface area contributed by atoms with E-state index in [4.69, 9.17) is 9.72 Å². The lowest BCUT2D eigenvalue weighted by atomic mass is 9.92. The number of aromatic nitrogens is 4. The topological polar surface area (TPSA) is 61.4 Å². The van der Waals surface area contributed by atoms with Crippen molar-refractivity contribution in [2.24, 2.45) is 5.41 Å². The lowest BCUT2D eigenvalue weighted by Gasteiger charge is -2.18. The standard InChI is InChI=1S/C24H25FN4O2/c1-24(2,3)9-12-28-10-7-16(13-22(28)30)20-8-11-29-23(27-20)19(15-26-29)18-14-17(25)5-6-21(18)31-4/h5-8,10-11,13-15H,9,12H2,1-4H3. The van der Waals surface area contributed by atoms with Crippen LogP contribution in [-0.4, -0.2) is 26.3 Å². The van der Waals surface area contributed by atoms with Crippen LogP contribution in [0.1, 0.15) is 27.2 Å². The summed E-state index contributed by atoms with van der Waals surface area (Å²) in [7, 11) is 1.54. The Morgan fingerprint density at radius 3 is 2.58 bits per heavy atom. The molecule has 0 amide bonds. The third-order valence-corrected chi connectivity index (χ3v) is 5.22. The van der Waals surface area contributed by atoms with Crippen LogP contribution in [0.15, 0.2) is 59.8 Å². The van der Waals surface area contributed by atoms with E-state index in [1.165, 1.54) is 19.2 Å². The van der Waals surface area contributed by atoms with Gasteiger partial charge in [-0.15, -0.1) is 0 Å². The van der Waals surface area contributed by atoms with Gasteiger partial charge in [0.1, 0.15) is 11.6 Å². The molecule has 0 radical (unpaired) electrons. The van der Waals surface area contributed by atoms with E-state index in [0.29, 0.717) is 34.8 Å². The Hall–Kier alpha value is -3.48. The van der Waals surface area contributed by atoms with Crippen LogP contribution in [0.3, 0.4) is 0 Å². The first kappa shape index (κ1) is 20.8. The molecule has 0 bridgehead atoms. The smallest absolute Gasteiger partial charge is 0.251 e. The fourth-order valence-electron chi connectivity index (χ4n) is 3.42. The van der Waals surface area contributed by atoms with E-state index in [2.05, 4.69) is 25.9 Å². The number of fused-ring (bicyclic) bond motifs is 1. The summed E-state index contributed by atoms with van der Waals surface area (Å²) in [6.07, 6.45) is 6.12. The molecule has 0 aliphatic carbocycles. The van der Waals surface area contributed by atoms with E-state index in [1.807, 2.05) is 12.3 Å². The number of hydrogen-bond donors (Lipinski definition) is 0. The molecule has 0 saturated heterocycles. The van der Waals surface area contributed by atoms with Crippen molar-refractivity contribution in [2.75, 3.05) is 7.11 Å². The Labute approximate surface area is 179 Å². The van der Waals surface area contributed by atoms with Gasteiger partial charge in [-0.25, -0.2) is 13.9 Å². The number of benzene rings is 1. The van der Waals surface area contributed by atoms with Gasteiger partial charge in [-0.1, -0.05) is 20.8 Å². The van der Waals surface area contributed by atoms with Crippen LogP contribution in [-0.2, 0) is 6.54 Å². The minimum Gasteiger partial charge on any atom is -0.496 e. The van der Waals surface area contributed by atoms with Crippen LogP contribution in [0.5, 0.6) is 5.75 Å². The number of aryl methyl sites for hydroxylation is 1. The summed E-state index contributed by atoms with van der Waals surface area (Å²) >= 11 is 0. The van der Waals surface area contributed by atoms with E-state index in [1.54, 1.807) is 39.7 Å². The van der Waals surface area contributed by atoms with E-state index in [0.717, 1.165) is 12.0 Å². The number of halogens is 1. The Balaban J connectivity index is 1.74. The van der Waals surface area contributed by atoms with Crippen molar-refractivity contribution in [1.29, 1.82) is 0 Å². The zero-order chi connectivity index (χ0) is 22.2. The molecule has 4 aromatic rings. The maximum Gasteiger partial charge on any atom is 0.251 e. The van der Waals surface area contributed by atoms with Crippen molar-refractivity contribution in [3.05, 3.63) is 71.2 Å². The lowest BCUT2D eigenvalue weighted by Crippen LogP contribution is -2.21. The van der Waals surface area contributed by atoms with Crippen molar-refractivity contribution < 1.29 is 9.13 Å². The summed E-state index contributed by atoms with van der Waals surface area (Å²) in [6.45, 7) is 7.13. The van der Waals surface area contributed by atoms with Gasteiger partial charge in [0.05, 0.1) is 24.6 Å². The molecule has 3 aromatic heterocycles. The highest BCUT2D eigenvalue weighted by molar-refractivity contribution is 5.82. The normalized spacial score (nSPS) is 11.8. The summed E-state index contributed by atoms with van der Waals surface area (Å²) < 4.78 is 22.6. The highest BCUT2D eigenvalue weighted by Crippen LogP contribution is 2.33. The van der Waals surface area contributed by atoms with Crippen molar-refractivity contribution in [3.63, 3.8) is 0 Å². The quantitative estimate of drug-likeness (QED) is 0.465. The van der Waals surface area contributed by atoms with Crippen molar-refractivity contribution >= 4 is 5.65 Å². The maximum absolute atomic E-state index is 13.9. The van der Waals surface area contributed by atoms with Crippen LogP contribution in [0, 0.1) is 11.2 Å². The van der Waals surface area contributed by atoms with Gasteiger partial charge in [0.2, 0.25) is 0 Å². The Kier molecular flexibility index (Phi) is 5.35. The van der Waals surface area contributed by atoms with Gasteiger partial charge < -0.3 is 9.30 Å². The summed E-state index contributed by atoms with van der Waals surface area (Å²) in [6, 6.07) is 9.63. The SMILES string of the molecule is COc1ccc(F)cc1-c1cnn2ccc(-c3ccn(CCC(C)(C)C)c(=O)c3)nc12. The summed E-state index contributed by atoms with van der Waals surface area (Å²) in [5, 5.41) is 4.32. The zero-order valence-electron chi connectivity index (χ0n) is 18.1. The first-order valence-corrected chi connectivity index (χ1v) is 10.1. The molecule has 0 atom stereocenters. The predicted molar refractivity (Wildman–Crippen MR) is 119 cm³/mol. The Morgan fingerprint density at radius 1 is 1.06 bits per heavy atom. The fourth-order valence-corrected chi connectivity index (χ4v) is 3.42. The molecule has 0 unspecified atom stereocenters. The maximum atomic E-state index is 13.9. The van der Waals surface area contributed by atoms with Crippen LogP contribution in [0.2, 0.25) is 0 Å². The highest BCUT2D eigenvalue weighted by Gasteiger charge is 2.15. The van der Waals surface area contributed by atoms with Crippen LogP contribution >= 0.6 is 0 Å². The first-order chi connectivity index (χ1) is 14.7. The van der Waals surface area contributed by atoms with Crippen LogP contribution < -0.4 is 10.3 Å². The average molecular weight is 420 g/mol. The van der Waals surface area contributed by atoms with Crippen molar-refractivity contribution in [1.82, 2.24) is 19.2 Å². The second-order valence-corrected chi connectivity index (χ2v) is 8.74. The second kappa shape index (κ2) is 7.98. The molecule has 0 N–H and O–H groups in total. The molecular weight excluding hydrogens is 395 g/mol. The van der Waals surface area contributed by atoms with Crippen molar-refractivity contribution in [3.8, 4) is 28.1 Å². The second-order valence-electron chi connectivity index (χ2n) is 8.74. The summed E-state index contributed by atoms with van der Waals surface area (Å²) in [5.41, 5.74) is 3.22. The average Bonchev–Trinajstić information content (AvgIpc) is 3.15. The van der Waals surface area contributed by atoms with Crippen LogP contribution in [0.4, 0.5) is 4.39 Å². The molecule has 0 spiro atoms. The molecule has 0 aliphatic heterocycles. The minimum absolute atomic E-state index is 0.0658. The van der Waals surface area contributed by atoms with E-state index >= 15 is 0 Å². The molecule has 3 heterocycles. The molecular formula is C24H25FN4O2. The largest absolute Gasteiger partial charge is 0.496 e. The van der Waals surface area contributed by atoms with Gasteiger partial charge in [0.15, 0.2) is 5.65 Å². The molecule has 6 nitrogen and oxygen atoms in total. The first-order valence-electron chi connectivity index (χ1n) is 10.1. The van der Waals surface area contributed by atoms with E-state index in [9.17, 15) is 9.18 Å². The zero-order valence-corrected chi connectivity index (χ0v) is 18.1. The summed E-state index contributed by atoms with van der Waals surface area (Å²) in [5.74, 6) is 0.162. The number of nitrogens with zero attached hydrogens (tertiary/aromatic N) is 4. The lowest BCUT2D eigenvalue weighted by molar-refractivity contribution is 0.348. The molecule has 4 rings (SSSR count). The van der Waals surface area contributed by atoms with Gasteiger partial charge in [-0.3, -0.25) is 4.79 Å². The molecule has 0 aliphatic rings. The monoisotopic (exact) mass is 420 g/mol. The minimum atomic E-state index is -0.370. The van der Waals surface area contributed by atoms with Gasteiger partial charge in [-0.05, 0) is 42.2 Å². The van der Waals surface area contributed by atoms with Gasteiger partial charge in [0.25, 0.3) is 5.56 Å². The molecule has 160 valence electrons. The number of ether oxygens (including phenoxy) is 1. The van der Waals surface area contributed by atoms with E-state index in [-0.39, 0.29) is 16.8 Å². The van der Waals surface area contributed by atoms with Gasteiger partial charge in [0, 0.05) is 36.1 Å². The summed E-state index contributed by atoms with van der Waals surface area (Å²) in [4.78, 5) is 17.3. The molecule has 0 saturated carbocycles. The number of rotatable bonds is 5. The Morgan fingerprint density at radius 2 is 1.87 bits per heavy atom.